The van der Waals surface area contributed by atoms with Crippen molar-refractivity contribution in [3.63, 3.8) is 0 Å². The van der Waals surface area contributed by atoms with E-state index in [1.54, 1.807) is 17.2 Å². The number of hydrogen-bond acceptors (Lipinski definition) is 6. The third-order valence-corrected chi connectivity index (χ3v) is 6.03. The van der Waals surface area contributed by atoms with Gasteiger partial charge < -0.3 is 10.2 Å². The highest BCUT2D eigenvalue weighted by Gasteiger charge is 2.36. The van der Waals surface area contributed by atoms with Crippen LogP contribution in [0.2, 0.25) is 0 Å². The van der Waals surface area contributed by atoms with Gasteiger partial charge in [-0.3, -0.25) is 9.78 Å². The molecule has 0 fully saturated rings. The number of carbonyl (C=O) groups is 1. The van der Waals surface area contributed by atoms with E-state index in [4.69, 9.17) is 10.1 Å². The minimum atomic E-state index is -3.93. The van der Waals surface area contributed by atoms with Crippen molar-refractivity contribution in [3.8, 4) is 0 Å². The molecule has 0 aliphatic carbocycles. The largest absolute Gasteiger partial charge is 0.322 e. The lowest BCUT2D eigenvalue weighted by Gasteiger charge is -2.37. The van der Waals surface area contributed by atoms with E-state index in [1.165, 1.54) is 12.1 Å². The lowest BCUT2D eigenvalue weighted by atomic mass is 10.00. The highest BCUT2D eigenvalue weighted by atomic mass is 32.2. The standard InChI is InChI=1S/C22H17N5O3S/c23-31(29,30)15-10-11-19-18(12-15)26-22(28)21(14-6-2-1-3-7-14)27(19)20-13-24-16-8-4-5-9-17(16)25-20/h1-13,21H,(H,26,28)(H2,23,29,30). The number of nitrogens with zero attached hydrogens (tertiary/aromatic N) is 3. The van der Waals surface area contributed by atoms with E-state index in [1.807, 2.05) is 54.6 Å². The summed E-state index contributed by atoms with van der Waals surface area (Å²) in [6, 6.07) is 20.4. The number of fused-ring (bicyclic) bond motifs is 2. The first-order chi connectivity index (χ1) is 14.9. The van der Waals surface area contributed by atoms with E-state index in [0.29, 0.717) is 22.7 Å². The van der Waals surface area contributed by atoms with E-state index < -0.39 is 16.1 Å². The summed E-state index contributed by atoms with van der Waals surface area (Å²) in [5, 5.41) is 8.08. The van der Waals surface area contributed by atoms with E-state index >= 15 is 0 Å². The number of carbonyl (C=O) groups excluding carboxylic acids is 1. The van der Waals surface area contributed by atoms with Gasteiger partial charge in [0.15, 0.2) is 5.82 Å². The van der Waals surface area contributed by atoms with Gasteiger partial charge in [0, 0.05) is 0 Å². The van der Waals surface area contributed by atoms with Crippen LogP contribution in [0.1, 0.15) is 11.6 Å². The number of aromatic nitrogens is 2. The Morgan fingerprint density at radius 3 is 2.39 bits per heavy atom. The summed E-state index contributed by atoms with van der Waals surface area (Å²) in [4.78, 5) is 24.1. The summed E-state index contributed by atoms with van der Waals surface area (Å²) in [6.07, 6.45) is 1.61. The topological polar surface area (TPSA) is 118 Å². The molecule has 0 bridgehead atoms. The van der Waals surface area contributed by atoms with E-state index in [2.05, 4.69) is 10.3 Å². The highest BCUT2D eigenvalue weighted by molar-refractivity contribution is 7.89. The van der Waals surface area contributed by atoms with Crippen LogP contribution in [-0.4, -0.2) is 24.3 Å². The molecule has 2 heterocycles. The van der Waals surface area contributed by atoms with Gasteiger partial charge in [0.1, 0.15) is 6.04 Å². The maximum Gasteiger partial charge on any atom is 0.252 e. The van der Waals surface area contributed by atoms with Crippen molar-refractivity contribution in [2.24, 2.45) is 5.14 Å². The first kappa shape index (κ1) is 19.2. The Morgan fingerprint density at radius 2 is 1.65 bits per heavy atom. The van der Waals surface area contributed by atoms with Crippen molar-refractivity contribution in [2.45, 2.75) is 10.9 Å². The van der Waals surface area contributed by atoms with E-state index in [0.717, 1.165) is 11.1 Å². The minimum absolute atomic E-state index is 0.0887. The first-order valence-corrected chi connectivity index (χ1v) is 11.0. The number of sulfonamides is 1. The lowest BCUT2D eigenvalue weighted by Crippen LogP contribution is -2.39. The quantitative estimate of drug-likeness (QED) is 0.515. The van der Waals surface area contributed by atoms with Crippen LogP contribution < -0.4 is 15.4 Å². The second kappa shape index (κ2) is 7.15. The molecule has 3 N–H and O–H groups in total. The van der Waals surface area contributed by atoms with Gasteiger partial charge in [-0.25, -0.2) is 18.5 Å². The summed E-state index contributed by atoms with van der Waals surface area (Å²) in [7, 11) is -3.93. The van der Waals surface area contributed by atoms with Gasteiger partial charge in [0.25, 0.3) is 5.91 Å². The molecule has 0 radical (unpaired) electrons. The molecule has 1 aliphatic heterocycles. The molecule has 8 nitrogen and oxygen atoms in total. The summed E-state index contributed by atoms with van der Waals surface area (Å²) in [5.41, 5.74) is 3.09. The van der Waals surface area contributed by atoms with Crippen LogP contribution in [0.4, 0.5) is 17.2 Å². The van der Waals surface area contributed by atoms with Gasteiger partial charge in [0.05, 0.1) is 33.5 Å². The second-order valence-electron chi connectivity index (χ2n) is 7.11. The van der Waals surface area contributed by atoms with Gasteiger partial charge in [-0.15, -0.1) is 0 Å². The average Bonchev–Trinajstić information content (AvgIpc) is 2.77. The number of anilines is 3. The normalized spacial score (nSPS) is 16.1. The van der Waals surface area contributed by atoms with Crippen LogP contribution in [0.3, 0.4) is 0 Å². The molecule has 31 heavy (non-hydrogen) atoms. The second-order valence-corrected chi connectivity index (χ2v) is 8.67. The summed E-state index contributed by atoms with van der Waals surface area (Å²) in [5.74, 6) is 0.146. The molecule has 5 rings (SSSR count). The first-order valence-electron chi connectivity index (χ1n) is 9.45. The number of para-hydroxylation sites is 2. The fraction of sp³-hybridized carbons (Fsp3) is 0.0455. The Labute approximate surface area is 178 Å². The monoisotopic (exact) mass is 431 g/mol. The van der Waals surface area contributed by atoms with Crippen molar-refractivity contribution in [1.29, 1.82) is 0 Å². The molecule has 1 aromatic heterocycles. The molecule has 1 aliphatic rings. The third kappa shape index (κ3) is 3.39. The van der Waals surface area contributed by atoms with Crippen molar-refractivity contribution < 1.29 is 13.2 Å². The number of primary sulfonamides is 1. The maximum atomic E-state index is 13.2. The SMILES string of the molecule is NS(=O)(=O)c1ccc2c(c1)NC(=O)C(c1ccccc1)N2c1cnc2ccccc2n1. The number of rotatable bonds is 3. The molecule has 3 aromatic carbocycles. The molecule has 4 aromatic rings. The number of amides is 1. The zero-order valence-electron chi connectivity index (χ0n) is 16.1. The molecular weight excluding hydrogens is 414 g/mol. The Bertz CT molecular complexity index is 1420. The van der Waals surface area contributed by atoms with Crippen LogP contribution in [0.5, 0.6) is 0 Å². The fourth-order valence-electron chi connectivity index (χ4n) is 3.71. The van der Waals surface area contributed by atoms with Crippen LogP contribution in [0.15, 0.2) is 83.9 Å². The zero-order chi connectivity index (χ0) is 21.6. The van der Waals surface area contributed by atoms with Crippen molar-refractivity contribution in [3.05, 3.63) is 84.6 Å². The zero-order valence-corrected chi connectivity index (χ0v) is 17.0. The van der Waals surface area contributed by atoms with Crippen molar-refractivity contribution in [2.75, 3.05) is 10.2 Å². The Kier molecular flexibility index (Phi) is 4.42. The molecule has 1 atom stereocenters. The molecule has 154 valence electrons. The Balaban J connectivity index is 1.74. The van der Waals surface area contributed by atoms with Gasteiger partial charge in [0.2, 0.25) is 10.0 Å². The summed E-state index contributed by atoms with van der Waals surface area (Å²) in [6.45, 7) is 0. The van der Waals surface area contributed by atoms with Crippen molar-refractivity contribution in [1.82, 2.24) is 9.97 Å². The molecule has 1 unspecified atom stereocenters. The van der Waals surface area contributed by atoms with Gasteiger partial charge in [-0.2, -0.15) is 0 Å². The third-order valence-electron chi connectivity index (χ3n) is 5.12. The fourth-order valence-corrected chi connectivity index (χ4v) is 4.25. The van der Waals surface area contributed by atoms with Crippen LogP contribution in [0, 0.1) is 0 Å². The summed E-state index contributed by atoms with van der Waals surface area (Å²) < 4.78 is 23.6. The average molecular weight is 431 g/mol. The molecule has 0 saturated heterocycles. The Hall–Kier alpha value is -3.82. The number of nitrogens with two attached hydrogens (primary N) is 1. The summed E-state index contributed by atoms with van der Waals surface area (Å²) >= 11 is 0. The maximum absolute atomic E-state index is 13.2. The lowest BCUT2D eigenvalue weighted by molar-refractivity contribution is -0.117. The van der Waals surface area contributed by atoms with Gasteiger partial charge >= 0.3 is 0 Å². The molecule has 0 spiro atoms. The molecule has 0 saturated carbocycles. The van der Waals surface area contributed by atoms with Crippen LogP contribution in [-0.2, 0) is 14.8 Å². The molecule has 1 amide bonds. The van der Waals surface area contributed by atoms with Gasteiger partial charge in [-0.05, 0) is 35.9 Å². The van der Waals surface area contributed by atoms with E-state index in [-0.39, 0.29) is 10.8 Å². The van der Waals surface area contributed by atoms with Crippen LogP contribution >= 0.6 is 0 Å². The van der Waals surface area contributed by atoms with Crippen molar-refractivity contribution >= 4 is 44.2 Å². The predicted molar refractivity (Wildman–Crippen MR) is 117 cm³/mol. The number of nitrogens with one attached hydrogen (secondary N) is 1. The molecule has 9 heteroatoms. The highest BCUT2D eigenvalue weighted by Crippen LogP contribution is 2.43. The molecular formula is C22H17N5O3S. The van der Waals surface area contributed by atoms with E-state index in [9.17, 15) is 13.2 Å². The van der Waals surface area contributed by atoms with Crippen LogP contribution in [0.25, 0.3) is 11.0 Å². The number of hydrogen-bond donors (Lipinski definition) is 2. The Morgan fingerprint density at radius 1 is 0.935 bits per heavy atom. The smallest absolute Gasteiger partial charge is 0.252 e. The minimum Gasteiger partial charge on any atom is -0.322 e. The number of benzene rings is 3. The van der Waals surface area contributed by atoms with Gasteiger partial charge in [-0.1, -0.05) is 42.5 Å². The predicted octanol–water partition coefficient (Wildman–Crippen LogP) is 3.11.